The molecule has 2 aromatic rings. The van der Waals surface area contributed by atoms with Crippen LogP contribution in [0.3, 0.4) is 0 Å². The zero-order valence-electron chi connectivity index (χ0n) is 29.6. The number of carbonyl (C=O) groups is 1. The van der Waals surface area contributed by atoms with E-state index in [1.807, 2.05) is 24.3 Å². The van der Waals surface area contributed by atoms with E-state index in [1.165, 1.54) is 0 Å². The van der Waals surface area contributed by atoms with Crippen molar-refractivity contribution in [3.05, 3.63) is 47.5 Å². The van der Waals surface area contributed by atoms with Crippen LogP contribution in [0, 0.1) is 0 Å². The summed E-state index contributed by atoms with van der Waals surface area (Å²) in [5.41, 5.74) is 3.33. The van der Waals surface area contributed by atoms with E-state index < -0.39 is 36.6 Å². The van der Waals surface area contributed by atoms with Gasteiger partial charge in [0.2, 0.25) is 0 Å². The third-order valence-corrected chi connectivity index (χ3v) is 11.3. The van der Waals surface area contributed by atoms with Crippen LogP contribution in [0.15, 0.2) is 36.4 Å². The molecule has 4 aliphatic rings. The fraction of sp³-hybridized carbons (Fsp3) is 0.629. The van der Waals surface area contributed by atoms with E-state index in [9.17, 15) is 4.79 Å². The van der Waals surface area contributed by atoms with Crippen molar-refractivity contribution in [1.82, 2.24) is 9.80 Å². The monoisotopic (exact) mass is 630 g/mol. The number of benzene rings is 2. The summed E-state index contributed by atoms with van der Waals surface area (Å²) in [5, 5.41) is 0. The lowest BCUT2D eigenvalue weighted by atomic mass is 9.77. The first-order valence-corrected chi connectivity index (χ1v) is 16.9. The molecule has 4 aliphatic heterocycles. The molecule has 9 nitrogen and oxygen atoms in total. The van der Waals surface area contributed by atoms with Crippen molar-refractivity contribution in [2.75, 3.05) is 76.3 Å². The molecule has 0 amide bonds. The second kappa shape index (κ2) is 11.9. The highest BCUT2D eigenvalue weighted by atomic mass is 16.7. The molecule has 0 radical (unpaired) electrons. The summed E-state index contributed by atoms with van der Waals surface area (Å²) in [4.78, 5) is 24.1. The smallest absolute Gasteiger partial charge is 0.399 e. The van der Waals surface area contributed by atoms with Crippen LogP contribution in [0.4, 0.5) is 11.4 Å². The molecule has 4 saturated heterocycles. The molecular formula is C35H52B2N4O5. The van der Waals surface area contributed by atoms with E-state index >= 15 is 0 Å². The van der Waals surface area contributed by atoms with E-state index in [2.05, 4.69) is 101 Å². The minimum absolute atomic E-state index is 0.0174. The maximum absolute atomic E-state index is 14.8. The van der Waals surface area contributed by atoms with Gasteiger partial charge in [0.05, 0.1) is 22.4 Å². The lowest BCUT2D eigenvalue weighted by molar-refractivity contribution is 0.00578. The highest BCUT2D eigenvalue weighted by Gasteiger charge is 2.53. The van der Waals surface area contributed by atoms with Gasteiger partial charge in [-0.2, -0.15) is 0 Å². The Morgan fingerprint density at radius 3 is 1.15 bits per heavy atom. The lowest BCUT2D eigenvalue weighted by Crippen LogP contribution is -2.46. The second-order valence-electron chi connectivity index (χ2n) is 15.6. The summed E-state index contributed by atoms with van der Waals surface area (Å²) >= 11 is 0. The molecule has 2 aromatic carbocycles. The Morgan fingerprint density at radius 2 is 0.848 bits per heavy atom. The SMILES string of the molecule is CN1CCN(c2cc(B3OC(C)(C)C(C)(C)O3)ccc2C(=O)c2ccc(B3OC(C)(C)C(C)(C)O3)cc2N2CCN(C)CC2)CC1. The third-order valence-electron chi connectivity index (χ3n) is 11.3. The molecule has 4 fully saturated rings. The molecule has 0 N–H and O–H groups in total. The third kappa shape index (κ3) is 6.15. The van der Waals surface area contributed by atoms with Gasteiger partial charge >= 0.3 is 14.2 Å². The molecule has 11 heteroatoms. The fourth-order valence-electron chi connectivity index (χ4n) is 6.50. The maximum Gasteiger partial charge on any atom is 0.494 e. The molecule has 6 rings (SSSR count). The van der Waals surface area contributed by atoms with Crippen molar-refractivity contribution in [3.63, 3.8) is 0 Å². The Balaban J connectivity index is 1.39. The van der Waals surface area contributed by atoms with Crippen molar-refractivity contribution in [2.45, 2.75) is 77.8 Å². The van der Waals surface area contributed by atoms with Gasteiger partial charge in [-0.05, 0) is 105 Å². The fourth-order valence-corrected chi connectivity index (χ4v) is 6.50. The largest absolute Gasteiger partial charge is 0.494 e. The van der Waals surface area contributed by atoms with Crippen LogP contribution in [-0.2, 0) is 18.6 Å². The molecule has 0 spiro atoms. The van der Waals surface area contributed by atoms with Gasteiger partial charge in [0.15, 0.2) is 5.78 Å². The first-order valence-electron chi connectivity index (χ1n) is 16.9. The van der Waals surface area contributed by atoms with Crippen LogP contribution in [0.2, 0.25) is 0 Å². The van der Waals surface area contributed by atoms with E-state index in [0.29, 0.717) is 11.1 Å². The molecule has 46 heavy (non-hydrogen) atoms. The maximum atomic E-state index is 14.8. The van der Waals surface area contributed by atoms with Gasteiger partial charge in [-0.25, -0.2) is 0 Å². The number of rotatable bonds is 6. The number of hydrogen-bond acceptors (Lipinski definition) is 9. The van der Waals surface area contributed by atoms with Gasteiger partial charge in [0.1, 0.15) is 0 Å². The first-order chi connectivity index (χ1) is 21.5. The second-order valence-corrected chi connectivity index (χ2v) is 15.6. The summed E-state index contributed by atoms with van der Waals surface area (Å²) in [5.74, 6) is 0.0174. The molecule has 0 saturated carbocycles. The number of likely N-dealkylation sites (N-methyl/N-ethyl adjacent to an activating group) is 2. The van der Waals surface area contributed by atoms with Crippen molar-refractivity contribution >= 4 is 42.3 Å². The minimum Gasteiger partial charge on any atom is -0.399 e. The molecule has 0 unspecified atom stereocenters. The highest BCUT2D eigenvalue weighted by molar-refractivity contribution is 6.62. The van der Waals surface area contributed by atoms with Crippen LogP contribution in [0.1, 0.15) is 71.3 Å². The number of carbonyl (C=O) groups excluding carboxylic acids is 1. The standard InChI is InChI=1S/C35H52B2N4O5/c1-32(2)33(3,4)44-36(43-32)25-11-13-27(29(23-25)40-19-15-38(9)16-20-40)31(42)28-14-12-26(37-45-34(5,6)35(7,8)46-37)24-30(28)41-21-17-39(10)18-22-41/h11-14,23-24H,15-22H2,1-10H3. The van der Waals surface area contributed by atoms with Crippen LogP contribution in [0.25, 0.3) is 0 Å². The average molecular weight is 630 g/mol. The Labute approximate surface area is 276 Å². The molecule has 0 aromatic heterocycles. The zero-order valence-corrected chi connectivity index (χ0v) is 29.6. The number of hydrogen-bond donors (Lipinski definition) is 0. The van der Waals surface area contributed by atoms with E-state index in [1.54, 1.807) is 0 Å². The molecular weight excluding hydrogens is 578 g/mol. The van der Waals surface area contributed by atoms with Crippen molar-refractivity contribution in [2.24, 2.45) is 0 Å². The minimum atomic E-state index is -0.500. The molecule has 0 atom stereocenters. The van der Waals surface area contributed by atoms with Gasteiger partial charge in [0.25, 0.3) is 0 Å². The van der Waals surface area contributed by atoms with Crippen molar-refractivity contribution < 1.29 is 23.4 Å². The summed E-state index contributed by atoms with van der Waals surface area (Å²) in [6.07, 6.45) is 0. The zero-order chi connectivity index (χ0) is 33.2. The van der Waals surface area contributed by atoms with E-state index in [0.717, 1.165) is 74.7 Å². The summed E-state index contributed by atoms with van der Waals surface area (Å²) in [6.45, 7) is 23.7. The molecule has 0 aliphatic carbocycles. The average Bonchev–Trinajstić information content (AvgIpc) is 3.36. The number of anilines is 2. The quantitative estimate of drug-likeness (QED) is 0.354. The van der Waals surface area contributed by atoms with Gasteiger partial charge < -0.3 is 38.2 Å². The molecule has 4 heterocycles. The summed E-state index contributed by atoms with van der Waals surface area (Å²) in [7, 11) is 3.29. The predicted molar refractivity (Wildman–Crippen MR) is 187 cm³/mol. The Bertz CT molecular complexity index is 1330. The van der Waals surface area contributed by atoms with Crippen LogP contribution >= 0.6 is 0 Å². The number of nitrogens with zero attached hydrogens (tertiary/aromatic N) is 4. The predicted octanol–water partition coefficient (Wildman–Crippen LogP) is 3.02. The first kappa shape index (κ1) is 33.5. The normalized spacial score (nSPS) is 24.6. The summed E-state index contributed by atoms with van der Waals surface area (Å²) in [6, 6.07) is 12.2. The van der Waals surface area contributed by atoms with Crippen LogP contribution < -0.4 is 20.7 Å². The van der Waals surface area contributed by atoms with Gasteiger partial charge in [0, 0.05) is 74.9 Å². The summed E-state index contributed by atoms with van der Waals surface area (Å²) < 4.78 is 25.7. The lowest BCUT2D eigenvalue weighted by Gasteiger charge is -2.36. The number of piperazine rings is 2. The van der Waals surface area contributed by atoms with E-state index in [4.69, 9.17) is 18.6 Å². The highest BCUT2D eigenvalue weighted by Crippen LogP contribution is 2.39. The Hall–Kier alpha value is -2.40. The number of ketones is 1. The molecule has 0 bridgehead atoms. The molecule has 248 valence electrons. The van der Waals surface area contributed by atoms with Crippen molar-refractivity contribution in [3.8, 4) is 0 Å². The van der Waals surface area contributed by atoms with Crippen molar-refractivity contribution in [1.29, 1.82) is 0 Å². The topological polar surface area (TPSA) is 67.0 Å². The van der Waals surface area contributed by atoms with Gasteiger partial charge in [-0.3, -0.25) is 4.79 Å². The Morgan fingerprint density at radius 1 is 0.543 bits per heavy atom. The van der Waals surface area contributed by atoms with Crippen LogP contribution in [-0.4, -0.2) is 119 Å². The van der Waals surface area contributed by atoms with Gasteiger partial charge in [-0.15, -0.1) is 0 Å². The van der Waals surface area contributed by atoms with Crippen LogP contribution in [0.5, 0.6) is 0 Å². The van der Waals surface area contributed by atoms with Gasteiger partial charge in [-0.1, -0.05) is 12.1 Å². The van der Waals surface area contributed by atoms with E-state index in [-0.39, 0.29) is 5.78 Å². The Kier molecular flexibility index (Phi) is 8.69.